The van der Waals surface area contributed by atoms with Crippen LogP contribution < -0.4 is 4.74 Å². The predicted molar refractivity (Wildman–Crippen MR) is 103 cm³/mol. The highest BCUT2D eigenvalue weighted by molar-refractivity contribution is 7.09. The molecule has 6 nitrogen and oxygen atoms in total. The molecule has 0 radical (unpaired) electrons. The van der Waals surface area contributed by atoms with E-state index in [1.54, 1.807) is 23.5 Å². The van der Waals surface area contributed by atoms with E-state index in [-0.39, 0.29) is 18.4 Å². The number of piperidine rings is 1. The minimum Gasteiger partial charge on any atom is -0.487 e. The second-order valence-electron chi connectivity index (χ2n) is 6.75. The Morgan fingerprint density at radius 3 is 2.96 bits per heavy atom. The number of ether oxygens (including phenoxy) is 1. The molecule has 7 heteroatoms. The number of aryl methyl sites for hydroxylation is 1. The van der Waals surface area contributed by atoms with Crippen molar-refractivity contribution in [2.24, 2.45) is 0 Å². The number of hydrogen-bond acceptors (Lipinski definition) is 5. The van der Waals surface area contributed by atoms with Gasteiger partial charge in [0.25, 0.3) is 5.91 Å². The van der Waals surface area contributed by atoms with Gasteiger partial charge in [-0.25, -0.2) is 4.98 Å². The highest BCUT2D eigenvalue weighted by Crippen LogP contribution is 2.24. The Hall–Kier alpha value is -2.41. The summed E-state index contributed by atoms with van der Waals surface area (Å²) in [7, 11) is 0. The number of nitrogens with zero attached hydrogens (tertiary/aromatic N) is 2. The number of carbonyl (C=O) groups is 2. The third kappa shape index (κ3) is 5.29. The monoisotopic (exact) mass is 388 g/mol. The molecule has 0 saturated carbocycles. The number of aliphatic carboxylic acids is 1. The molecule has 1 unspecified atom stereocenters. The van der Waals surface area contributed by atoms with E-state index in [0.29, 0.717) is 30.9 Å². The van der Waals surface area contributed by atoms with E-state index in [2.05, 4.69) is 4.98 Å². The Labute approximate surface area is 162 Å². The molecule has 1 N–H and O–H groups in total. The standard InChI is InChI=1S/C20H24N2O4S/c1-14-21-16(13-27-14)12-26-18-7-4-5-15(11-18)20(25)22-10-3-2-6-17(22)8-9-19(23)24/h4-5,7,11,13,17H,2-3,6,8-10,12H2,1H3,(H,23,24). The van der Waals surface area contributed by atoms with Crippen LogP contribution in [0.2, 0.25) is 0 Å². The van der Waals surface area contributed by atoms with Gasteiger partial charge in [0.1, 0.15) is 12.4 Å². The van der Waals surface area contributed by atoms with Gasteiger partial charge in [-0.2, -0.15) is 0 Å². The van der Waals surface area contributed by atoms with E-state index in [4.69, 9.17) is 9.84 Å². The van der Waals surface area contributed by atoms with Crippen molar-refractivity contribution in [3.8, 4) is 5.75 Å². The largest absolute Gasteiger partial charge is 0.487 e. The average molecular weight is 388 g/mol. The van der Waals surface area contributed by atoms with Crippen LogP contribution in [0.1, 0.15) is 53.2 Å². The van der Waals surface area contributed by atoms with Crippen molar-refractivity contribution in [2.75, 3.05) is 6.54 Å². The van der Waals surface area contributed by atoms with Crippen molar-refractivity contribution in [2.45, 2.75) is 51.7 Å². The number of aromatic nitrogens is 1. The van der Waals surface area contributed by atoms with Crippen LogP contribution in [0.3, 0.4) is 0 Å². The minimum absolute atomic E-state index is 0.00935. The van der Waals surface area contributed by atoms with Crippen molar-refractivity contribution in [3.63, 3.8) is 0 Å². The average Bonchev–Trinajstić information content (AvgIpc) is 3.10. The number of benzene rings is 1. The van der Waals surface area contributed by atoms with Crippen LogP contribution in [-0.4, -0.2) is 39.5 Å². The maximum atomic E-state index is 13.0. The number of hydrogen-bond donors (Lipinski definition) is 1. The molecule has 0 spiro atoms. The summed E-state index contributed by atoms with van der Waals surface area (Å²) in [6.45, 7) is 2.99. The lowest BCUT2D eigenvalue weighted by Crippen LogP contribution is -2.44. The molecule has 1 aromatic carbocycles. The SMILES string of the molecule is Cc1nc(COc2cccc(C(=O)N3CCCCC3CCC(=O)O)c2)cs1. The van der Waals surface area contributed by atoms with E-state index in [1.165, 1.54) is 0 Å². The first-order valence-electron chi connectivity index (χ1n) is 9.19. The summed E-state index contributed by atoms with van der Waals surface area (Å²) in [5.74, 6) is -0.244. The summed E-state index contributed by atoms with van der Waals surface area (Å²) < 4.78 is 5.79. The van der Waals surface area contributed by atoms with Crippen LogP contribution in [0, 0.1) is 6.92 Å². The molecule has 1 fully saturated rings. The Bertz CT molecular complexity index is 805. The first-order chi connectivity index (χ1) is 13.0. The van der Waals surface area contributed by atoms with Gasteiger partial charge in [0.05, 0.1) is 10.7 Å². The zero-order valence-electron chi connectivity index (χ0n) is 15.4. The van der Waals surface area contributed by atoms with Crippen LogP contribution in [-0.2, 0) is 11.4 Å². The number of likely N-dealkylation sites (tertiary alicyclic amines) is 1. The Morgan fingerprint density at radius 2 is 2.22 bits per heavy atom. The van der Waals surface area contributed by atoms with Crippen LogP contribution in [0.4, 0.5) is 0 Å². The summed E-state index contributed by atoms with van der Waals surface area (Å²) in [6.07, 6.45) is 3.43. The van der Waals surface area contributed by atoms with Crippen molar-refractivity contribution in [1.82, 2.24) is 9.88 Å². The lowest BCUT2D eigenvalue weighted by atomic mass is 9.97. The van der Waals surface area contributed by atoms with Crippen LogP contribution in [0.5, 0.6) is 5.75 Å². The molecule has 2 aromatic rings. The molecule has 1 aliphatic heterocycles. The minimum atomic E-state index is -0.819. The Morgan fingerprint density at radius 1 is 1.37 bits per heavy atom. The van der Waals surface area contributed by atoms with Crippen molar-refractivity contribution in [3.05, 3.63) is 45.9 Å². The summed E-state index contributed by atoms with van der Waals surface area (Å²) in [5, 5.41) is 11.9. The van der Waals surface area contributed by atoms with Gasteiger partial charge < -0.3 is 14.7 Å². The van der Waals surface area contributed by atoms with Gasteiger partial charge in [0.2, 0.25) is 0 Å². The molecular weight excluding hydrogens is 364 g/mol. The molecule has 144 valence electrons. The van der Waals surface area contributed by atoms with Gasteiger partial charge in [-0.3, -0.25) is 9.59 Å². The predicted octanol–water partition coefficient (Wildman–Crippen LogP) is 3.89. The second-order valence-corrected chi connectivity index (χ2v) is 7.82. The summed E-state index contributed by atoms with van der Waals surface area (Å²) in [4.78, 5) is 30.1. The molecule has 1 aliphatic rings. The third-order valence-corrected chi connectivity index (χ3v) is 5.54. The fourth-order valence-electron chi connectivity index (χ4n) is 3.37. The molecule has 1 saturated heterocycles. The highest BCUT2D eigenvalue weighted by atomic mass is 32.1. The first kappa shape index (κ1) is 19.4. The summed E-state index contributed by atoms with van der Waals surface area (Å²) >= 11 is 1.58. The number of carbonyl (C=O) groups excluding carboxylic acids is 1. The van der Waals surface area contributed by atoms with Crippen molar-refractivity contribution >= 4 is 23.2 Å². The normalized spacial score (nSPS) is 16.9. The van der Waals surface area contributed by atoms with Gasteiger partial charge in [-0.1, -0.05) is 6.07 Å². The number of amides is 1. The molecular formula is C20H24N2O4S. The summed E-state index contributed by atoms with van der Waals surface area (Å²) in [5.41, 5.74) is 1.45. The number of rotatable bonds is 7. The van der Waals surface area contributed by atoms with Gasteiger partial charge in [0.15, 0.2) is 0 Å². The molecule has 1 atom stereocenters. The Balaban J connectivity index is 1.66. The van der Waals surface area contributed by atoms with E-state index in [1.807, 2.05) is 29.3 Å². The lowest BCUT2D eigenvalue weighted by molar-refractivity contribution is -0.137. The van der Waals surface area contributed by atoms with Crippen LogP contribution >= 0.6 is 11.3 Å². The lowest BCUT2D eigenvalue weighted by Gasteiger charge is -2.35. The molecule has 27 heavy (non-hydrogen) atoms. The van der Waals surface area contributed by atoms with Crippen molar-refractivity contribution < 1.29 is 19.4 Å². The van der Waals surface area contributed by atoms with Gasteiger partial charge in [0, 0.05) is 30.0 Å². The molecule has 1 aromatic heterocycles. The fourth-order valence-corrected chi connectivity index (χ4v) is 3.97. The van der Waals surface area contributed by atoms with Gasteiger partial charge >= 0.3 is 5.97 Å². The molecule has 0 aliphatic carbocycles. The van der Waals surface area contributed by atoms with E-state index in [9.17, 15) is 9.59 Å². The van der Waals surface area contributed by atoms with Gasteiger partial charge in [-0.15, -0.1) is 11.3 Å². The zero-order chi connectivity index (χ0) is 19.2. The Kier molecular flexibility index (Phi) is 6.45. The van der Waals surface area contributed by atoms with E-state index >= 15 is 0 Å². The smallest absolute Gasteiger partial charge is 0.303 e. The molecule has 1 amide bonds. The quantitative estimate of drug-likeness (QED) is 0.778. The maximum absolute atomic E-state index is 13.0. The first-order valence-corrected chi connectivity index (χ1v) is 10.1. The third-order valence-electron chi connectivity index (χ3n) is 4.71. The summed E-state index contributed by atoms with van der Waals surface area (Å²) in [6, 6.07) is 7.17. The highest BCUT2D eigenvalue weighted by Gasteiger charge is 2.28. The molecule has 3 rings (SSSR count). The maximum Gasteiger partial charge on any atom is 0.303 e. The van der Waals surface area contributed by atoms with E-state index < -0.39 is 5.97 Å². The van der Waals surface area contributed by atoms with Crippen LogP contribution in [0.15, 0.2) is 29.6 Å². The molecule has 0 bridgehead atoms. The van der Waals surface area contributed by atoms with Crippen molar-refractivity contribution in [1.29, 1.82) is 0 Å². The zero-order valence-corrected chi connectivity index (χ0v) is 16.2. The number of carboxylic acids is 1. The fraction of sp³-hybridized carbons (Fsp3) is 0.450. The number of carboxylic acid groups (broad SMARTS) is 1. The van der Waals surface area contributed by atoms with E-state index in [0.717, 1.165) is 30.0 Å². The van der Waals surface area contributed by atoms with Crippen LogP contribution in [0.25, 0.3) is 0 Å². The van der Waals surface area contributed by atoms with Gasteiger partial charge in [-0.05, 0) is 50.8 Å². The molecule has 2 heterocycles. The number of thiazole rings is 1. The topological polar surface area (TPSA) is 79.7 Å². The second kappa shape index (κ2) is 8.99.